The fraction of sp³-hybridized carbons (Fsp3) is 0.500. The number of hydrogen-bond acceptors (Lipinski definition) is 5. The summed E-state index contributed by atoms with van der Waals surface area (Å²) < 4.78 is 10.1. The Bertz CT molecular complexity index is 608. The van der Waals surface area contributed by atoms with Crippen LogP contribution in [0.1, 0.15) is 49.4 Å². The van der Waals surface area contributed by atoms with Crippen LogP contribution in [0.3, 0.4) is 0 Å². The number of carbonyl (C=O) groups excluding carboxylic acids is 3. The van der Waals surface area contributed by atoms with Crippen molar-refractivity contribution >= 4 is 17.9 Å². The van der Waals surface area contributed by atoms with Gasteiger partial charge in [-0.1, -0.05) is 19.3 Å². The molecule has 7 nitrogen and oxygen atoms in total. The molecule has 1 atom stereocenters. The van der Waals surface area contributed by atoms with E-state index < -0.39 is 24.0 Å². The zero-order valence-electron chi connectivity index (χ0n) is 14.5. The average molecular weight is 348 g/mol. The topological polar surface area (TPSA) is 93.7 Å². The second-order valence-electron chi connectivity index (χ2n) is 6.07. The van der Waals surface area contributed by atoms with Crippen LogP contribution in [0.4, 0.5) is 4.79 Å². The monoisotopic (exact) mass is 348 g/mol. The van der Waals surface area contributed by atoms with Gasteiger partial charge in [0.1, 0.15) is 5.75 Å². The van der Waals surface area contributed by atoms with Crippen molar-refractivity contribution in [3.8, 4) is 5.75 Å². The Morgan fingerprint density at radius 2 is 1.72 bits per heavy atom. The van der Waals surface area contributed by atoms with E-state index in [1.54, 1.807) is 24.3 Å². The van der Waals surface area contributed by atoms with E-state index in [1.807, 2.05) is 0 Å². The summed E-state index contributed by atoms with van der Waals surface area (Å²) in [7, 11) is 1.53. The molecule has 1 aliphatic rings. The van der Waals surface area contributed by atoms with Gasteiger partial charge in [0.05, 0.1) is 12.7 Å². The zero-order chi connectivity index (χ0) is 18.2. The first-order valence-corrected chi connectivity index (χ1v) is 8.46. The predicted molar refractivity (Wildman–Crippen MR) is 91.4 cm³/mol. The third-order valence-electron chi connectivity index (χ3n) is 4.16. The number of amides is 3. The molecule has 0 radical (unpaired) electrons. The van der Waals surface area contributed by atoms with E-state index in [2.05, 4.69) is 10.6 Å². The van der Waals surface area contributed by atoms with Crippen molar-refractivity contribution in [2.45, 2.75) is 51.2 Å². The molecule has 0 saturated heterocycles. The molecule has 3 amide bonds. The van der Waals surface area contributed by atoms with Gasteiger partial charge in [-0.2, -0.15) is 0 Å². The fourth-order valence-electron chi connectivity index (χ4n) is 2.69. The van der Waals surface area contributed by atoms with Crippen molar-refractivity contribution < 1.29 is 23.9 Å². The Morgan fingerprint density at radius 3 is 2.32 bits per heavy atom. The minimum Gasteiger partial charge on any atom is -0.497 e. The molecule has 25 heavy (non-hydrogen) atoms. The van der Waals surface area contributed by atoms with Gasteiger partial charge in [-0.3, -0.25) is 10.1 Å². The number of rotatable bonds is 5. The van der Waals surface area contributed by atoms with Gasteiger partial charge in [-0.15, -0.1) is 0 Å². The molecule has 136 valence electrons. The van der Waals surface area contributed by atoms with Crippen molar-refractivity contribution in [3.05, 3.63) is 29.8 Å². The minimum absolute atomic E-state index is 0.0960. The van der Waals surface area contributed by atoms with Crippen LogP contribution >= 0.6 is 0 Å². The van der Waals surface area contributed by atoms with Gasteiger partial charge >= 0.3 is 12.0 Å². The molecule has 2 rings (SSSR count). The summed E-state index contributed by atoms with van der Waals surface area (Å²) >= 11 is 0. The first kappa shape index (κ1) is 18.8. The summed E-state index contributed by atoms with van der Waals surface area (Å²) in [5.74, 6) is -0.685. The van der Waals surface area contributed by atoms with Gasteiger partial charge in [0.15, 0.2) is 6.10 Å². The van der Waals surface area contributed by atoms with E-state index >= 15 is 0 Å². The molecule has 0 bridgehead atoms. The maximum absolute atomic E-state index is 12.0. The van der Waals surface area contributed by atoms with Gasteiger partial charge in [0, 0.05) is 6.04 Å². The van der Waals surface area contributed by atoms with Crippen molar-refractivity contribution in [2.24, 2.45) is 0 Å². The molecule has 0 heterocycles. The number of nitrogens with one attached hydrogen (secondary N) is 2. The predicted octanol–water partition coefficient (Wildman–Crippen LogP) is 2.40. The molecule has 1 aromatic carbocycles. The van der Waals surface area contributed by atoms with Crippen LogP contribution in [0.15, 0.2) is 24.3 Å². The van der Waals surface area contributed by atoms with E-state index in [0.717, 1.165) is 25.7 Å². The van der Waals surface area contributed by atoms with Gasteiger partial charge in [0.25, 0.3) is 5.91 Å². The Morgan fingerprint density at radius 1 is 1.08 bits per heavy atom. The van der Waals surface area contributed by atoms with E-state index in [-0.39, 0.29) is 6.04 Å². The molecule has 1 fully saturated rings. The number of ether oxygens (including phenoxy) is 2. The van der Waals surface area contributed by atoms with Gasteiger partial charge < -0.3 is 14.8 Å². The maximum atomic E-state index is 12.0. The van der Waals surface area contributed by atoms with Crippen molar-refractivity contribution in [2.75, 3.05) is 7.11 Å². The normalized spacial score (nSPS) is 15.8. The largest absolute Gasteiger partial charge is 0.497 e. The van der Waals surface area contributed by atoms with Crippen molar-refractivity contribution in [1.82, 2.24) is 10.6 Å². The molecule has 1 aromatic rings. The average Bonchev–Trinajstić information content (AvgIpc) is 2.62. The summed E-state index contributed by atoms with van der Waals surface area (Å²) in [6, 6.07) is 5.88. The molecule has 1 aliphatic carbocycles. The molecule has 2 N–H and O–H groups in total. The second kappa shape index (κ2) is 9.05. The third-order valence-corrected chi connectivity index (χ3v) is 4.16. The number of methoxy groups -OCH3 is 1. The van der Waals surface area contributed by atoms with E-state index in [9.17, 15) is 14.4 Å². The highest BCUT2D eigenvalue weighted by atomic mass is 16.5. The summed E-state index contributed by atoms with van der Waals surface area (Å²) in [6.45, 7) is 1.42. The maximum Gasteiger partial charge on any atom is 0.338 e. The lowest BCUT2D eigenvalue weighted by Crippen LogP contribution is -2.48. The Hall–Kier alpha value is -2.57. The fourth-order valence-corrected chi connectivity index (χ4v) is 2.69. The standard InChI is InChI=1S/C18H24N2O5/c1-12(25-17(22)13-8-10-15(24-2)11-9-13)16(21)20-18(23)19-14-6-4-3-5-7-14/h8-12,14H,3-7H2,1-2H3,(H2,19,20,21,23)/t12-/m1/s1. The Kier molecular flexibility index (Phi) is 6.80. The second-order valence-corrected chi connectivity index (χ2v) is 6.07. The van der Waals surface area contributed by atoms with Crippen LogP contribution in [0.25, 0.3) is 0 Å². The van der Waals surface area contributed by atoms with Crippen LogP contribution in [0.5, 0.6) is 5.75 Å². The number of benzene rings is 1. The van der Waals surface area contributed by atoms with Crippen molar-refractivity contribution in [3.63, 3.8) is 0 Å². The lowest BCUT2D eigenvalue weighted by molar-refractivity contribution is -0.127. The SMILES string of the molecule is COc1ccc(C(=O)O[C@H](C)C(=O)NC(=O)NC2CCCCC2)cc1. The molecule has 0 spiro atoms. The smallest absolute Gasteiger partial charge is 0.338 e. The van der Waals surface area contributed by atoms with Crippen LogP contribution in [0, 0.1) is 0 Å². The lowest BCUT2D eigenvalue weighted by atomic mass is 9.96. The van der Waals surface area contributed by atoms with Gasteiger partial charge in [0.2, 0.25) is 0 Å². The van der Waals surface area contributed by atoms with E-state index in [0.29, 0.717) is 11.3 Å². The van der Waals surface area contributed by atoms with Gasteiger partial charge in [-0.25, -0.2) is 9.59 Å². The molecular formula is C18H24N2O5. The first-order chi connectivity index (χ1) is 12.0. The van der Waals surface area contributed by atoms with E-state index in [1.165, 1.54) is 20.5 Å². The highest BCUT2D eigenvalue weighted by molar-refractivity contribution is 5.98. The van der Waals surface area contributed by atoms with Crippen LogP contribution in [-0.4, -0.2) is 37.2 Å². The van der Waals surface area contributed by atoms with Crippen LogP contribution in [-0.2, 0) is 9.53 Å². The first-order valence-electron chi connectivity index (χ1n) is 8.46. The molecule has 0 aromatic heterocycles. The molecule has 0 unspecified atom stereocenters. The number of carbonyl (C=O) groups is 3. The summed E-state index contributed by atoms with van der Waals surface area (Å²) in [6.07, 6.45) is 4.10. The van der Waals surface area contributed by atoms with Crippen LogP contribution in [0.2, 0.25) is 0 Å². The summed E-state index contributed by atoms with van der Waals surface area (Å²) in [4.78, 5) is 35.9. The minimum atomic E-state index is -1.08. The van der Waals surface area contributed by atoms with Crippen molar-refractivity contribution in [1.29, 1.82) is 0 Å². The van der Waals surface area contributed by atoms with E-state index in [4.69, 9.17) is 9.47 Å². The molecule has 0 aliphatic heterocycles. The highest BCUT2D eigenvalue weighted by Gasteiger charge is 2.22. The van der Waals surface area contributed by atoms with Crippen LogP contribution < -0.4 is 15.4 Å². The lowest BCUT2D eigenvalue weighted by Gasteiger charge is -2.23. The number of imide groups is 1. The molecular weight excluding hydrogens is 324 g/mol. The Labute approximate surface area is 147 Å². The van der Waals surface area contributed by atoms with Gasteiger partial charge in [-0.05, 0) is 44.0 Å². The highest BCUT2D eigenvalue weighted by Crippen LogP contribution is 2.17. The zero-order valence-corrected chi connectivity index (χ0v) is 14.5. The molecule has 7 heteroatoms. The third kappa shape index (κ3) is 5.77. The number of esters is 1. The summed E-state index contributed by atoms with van der Waals surface area (Å²) in [5, 5.41) is 4.99. The number of urea groups is 1. The number of hydrogen-bond donors (Lipinski definition) is 2. The Balaban J connectivity index is 1.80. The summed E-state index contributed by atoms with van der Waals surface area (Å²) in [5.41, 5.74) is 0.298. The quantitative estimate of drug-likeness (QED) is 0.797. The molecule has 1 saturated carbocycles.